The van der Waals surface area contributed by atoms with Crippen LogP contribution in [0.2, 0.25) is 0 Å². The van der Waals surface area contributed by atoms with Crippen molar-refractivity contribution >= 4 is 23.1 Å². The van der Waals surface area contributed by atoms with Gasteiger partial charge in [0.05, 0.1) is 11.9 Å². The van der Waals surface area contributed by atoms with Gasteiger partial charge in [0.2, 0.25) is 0 Å². The molecule has 1 amide bonds. The summed E-state index contributed by atoms with van der Waals surface area (Å²) in [4.78, 5) is 16.3. The molecule has 2 N–H and O–H groups in total. The Hall–Kier alpha value is -3.28. The molecule has 2 aromatic carbocycles. The Balaban J connectivity index is 1.69. The molecule has 0 bridgehead atoms. The SMILES string of the molecule is Cc1cc(C)cc(Nc2ccc(NC(=O)c3ccc(F)c(F)c3)cn2)c1. The summed E-state index contributed by atoms with van der Waals surface area (Å²) < 4.78 is 26.2. The predicted molar refractivity (Wildman–Crippen MR) is 97.7 cm³/mol. The number of benzene rings is 2. The number of amides is 1. The number of aromatic nitrogens is 1. The molecule has 0 radical (unpaired) electrons. The van der Waals surface area contributed by atoms with Crippen LogP contribution in [0, 0.1) is 25.5 Å². The summed E-state index contributed by atoms with van der Waals surface area (Å²) in [6.45, 7) is 4.03. The highest BCUT2D eigenvalue weighted by atomic mass is 19.2. The molecular formula is C20H17F2N3O. The number of nitrogens with zero attached hydrogens (tertiary/aromatic N) is 1. The van der Waals surface area contributed by atoms with Crippen molar-refractivity contribution in [3.05, 3.63) is 83.1 Å². The lowest BCUT2D eigenvalue weighted by molar-refractivity contribution is 0.102. The van der Waals surface area contributed by atoms with E-state index < -0.39 is 17.5 Å². The third-order valence-corrected chi connectivity index (χ3v) is 3.70. The molecule has 3 aromatic rings. The summed E-state index contributed by atoms with van der Waals surface area (Å²) in [5.74, 6) is -1.98. The molecule has 0 aliphatic rings. The lowest BCUT2D eigenvalue weighted by Crippen LogP contribution is -2.12. The number of nitrogens with one attached hydrogen (secondary N) is 2. The van der Waals surface area contributed by atoms with Gasteiger partial charge in [-0.25, -0.2) is 13.8 Å². The maximum atomic E-state index is 13.2. The van der Waals surface area contributed by atoms with Crippen LogP contribution in [-0.4, -0.2) is 10.9 Å². The summed E-state index contributed by atoms with van der Waals surface area (Å²) >= 11 is 0. The lowest BCUT2D eigenvalue weighted by atomic mass is 10.1. The van der Waals surface area contributed by atoms with Crippen molar-refractivity contribution in [2.75, 3.05) is 10.6 Å². The lowest BCUT2D eigenvalue weighted by Gasteiger charge is -2.09. The highest BCUT2D eigenvalue weighted by Crippen LogP contribution is 2.19. The van der Waals surface area contributed by atoms with Crippen LogP contribution in [0.25, 0.3) is 0 Å². The van der Waals surface area contributed by atoms with Gasteiger partial charge in [-0.1, -0.05) is 6.07 Å². The smallest absolute Gasteiger partial charge is 0.255 e. The van der Waals surface area contributed by atoms with Gasteiger partial charge in [-0.15, -0.1) is 0 Å². The Kier molecular flexibility index (Phi) is 4.93. The number of aryl methyl sites for hydroxylation is 2. The summed E-state index contributed by atoms with van der Waals surface area (Å²) in [5, 5.41) is 5.79. The largest absolute Gasteiger partial charge is 0.340 e. The molecule has 0 aliphatic heterocycles. The first kappa shape index (κ1) is 17.5. The zero-order valence-electron chi connectivity index (χ0n) is 14.3. The summed E-state index contributed by atoms with van der Waals surface area (Å²) in [6, 6.07) is 12.5. The van der Waals surface area contributed by atoms with Gasteiger partial charge in [-0.2, -0.15) is 0 Å². The molecule has 0 saturated carbocycles. The van der Waals surface area contributed by atoms with Crippen molar-refractivity contribution in [1.29, 1.82) is 0 Å². The van der Waals surface area contributed by atoms with Gasteiger partial charge in [-0.05, 0) is 67.4 Å². The van der Waals surface area contributed by atoms with E-state index in [9.17, 15) is 13.6 Å². The van der Waals surface area contributed by atoms with Gasteiger partial charge in [-0.3, -0.25) is 4.79 Å². The number of carbonyl (C=O) groups excluding carboxylic acids is 1. The van der Waals surface area contributed by atoms with Crippen molar-refractivity contribution in [3.63, 3.8) is 0 Å². The van der Waals surface area contributed by atoms with Gasteiger partial charge in [0.15, 0.2) is 11.6 Å². The molecule has 1 aromatic heterocycles. The van der Waals surface area contributed by atoms with Crippen molar-refractivity contribution in [2.45, 2.75) is 13.8 Å². The van der Waals surface area contributed by atoms with Gasteiger partial charge in [0.1, 0.15) is 5.82 Å². The first-order valence-electron chi connectivity index (χ1n) is 7.98. The molecule has 4 nitrogen and oxygen atoms in total. The van der Waals surface area contributed by atoms with Crippen LogP contribution in [0.3, 0.4) is 0 Å². The van der Waals surface area contributed by atoms with Gasteiger partial charge in [0, 0.05) is 11.3 Å². The molecular weight excluding hydrogens is 336 g/mol. The maximum absolute atomic E-state index is 13.2. The minimum Gasteiger partial charge on any atom is -0.340 e. The van der Waals surface area contributed by atoms with Crippen LogP contribution in [0.15, 0.2) is 54.7 Å². The number of hydrogen-bond acceptors (Lipinski definition) is 3. The van der Waals surface area contributed by atoms with Gasteiger partial charge < -0.3 is 10.6 Å². The Morgan fingerprint density at radius 1 is 0.885 bits per heavy atom. The van der Waals surface area contributed by atoms with E-state index in [1.807, 2.05) is 26.0 Å². The van der Waals surface area contributed by atoms with E-state index in [1.54, 1.807) is 12.1 Å². The highest BCUT2D eigenvalue weighted by Gasteiger charge is 2.10. The number of rotatable bonds is 4. The molecule has 0 unspecified atom stereocenters. The van der Waals surface area contributed by atoms with Crippen LogP contribution in [-0.2, 0) is 0 Å². The average Bonchev–Trinajstić information content (AvgIpc) is 2.58. The summed E-state index contributed by atoms with van der Waals surface area (Å²) in [5.41, 5.74) is 3.69. The van der Waals surface area contributed by atoms with Crippen molar-refractivity contribution in [1.82, 2.24) is 4.98 Å². The molecule has 0 spiro atoms. The van der Waals surface area contributed by atoms with Crippen LogP contribution < -0.4 is 10.6 Å². The third kappa shape index (κ3) is 4.22. The zero-order valence-corrected chi connectivity index (χ0v) is 14.3. The number of halogens is 2. The monoisotopic (exact) mass is 353 g/mol. The molecule has 1 heterocycles. The summed E-state index contributed by atoms with van der Waals surface area (Å²) in [6.07, 6.45) is 1.49. The van der Waals surface area contributed by atoms with E-state index in [-0.39, 0.29) is 5.56 Å². The zero-order chi connectivity index (χ0) is 18.7. The van der Waals surface area contributed by atoms with Gasteiger partial charge in [0.25, 0.3) is 5.91 Å². The van der Waals surface area contributed by atoms with Crippen molar-refractivity contribution < 1.29 is 13.6 Å². The van der Waals surface area contributed by atoms with E-state index in [0.717, 1.165) is 28.9 Å². The minimum atomic E-state index is -1.07. The van der Waals surface area contributed by atoms with Crippen LogP contribution in [0.4, 0.5) is 26.0 Å². The van der Waals surface area contributed by atoms with E-state index in [4.69, 9.17) is 0 Å². The molecule has 0 fully saturated rings. The van der Waals surface area contributed by atoms with E-state index >= 15 is 0 Å². The molecule has 26 heavy (non-hydrogen) atoms. The number of anilines is 3. The molecule has 6 heteroatoms. The van der Waals surface area contributed by atoms with E-state index in [1.165, 1.54) is 12.3 Å². The number of hydrogen-bond donors (Lipinski definition) is 2. The van der Waals surface area contributed by atoms with E-state index in [0.29, 0.717) is 11.5 Å². The second-order valence-corrected chi connectivity index (χ2v) is 6.02. The van der Waals surface area contributed by atoms with Crippen LogP contribution in [0.5, 0.6) is 0 Å². The Morgan fingerprint density at radius 3 is 2.23 bits per heavy atom. The average molecular weight is 353 g/mol. The molecule has 0 aliphatic carbocycles. The minimum absolute atomic E-state index is 0.0290. The van der Waals surface area contributed by atoms with Crippen molar-refractivity contribution in [2.24, 2.45) is 0 Å². The Morgan fingerprint density at radius 2 is 1.62 bits per heavy atom. The van der Waals surface area contributed by atoms with Crippen LogP contribution in [0.1, 0.15) is 21.5 Å². The second kappa shape index (κ2) is 7.31. The van der Waals surface area contributed by atoms with Crippen LogP contribution >= 0.6 is 0 Å². The predicted octanol–water partition coefficient (Wildman–Crippen LogP) is 4.97. The highest BCUT2D eigenvalue weighted by molar-refractivity contribution is 6.04. The van der Waals surface area contributed by atoms with E-state index in [2.05, 4.69) is 21.7 Å². The molecule has 0 atom stereocenters. The van der Waals surface area contributed by atoms with Crippen molar-refractivity contribution in [3.8, 4) is 0 Å². The molecule has 3 rings (SSSR count). The Bertz CT molecular complexity index is 936. The quantitative estimate of drug-likeness (QED) is 0.696. The maximum Gasteiger partial charge on any atom is 0.255 e. The first-order valence-corrected chi connectivity index (χ1v) is 7.98. The normalized spacial score (nSPS) is 10.5. The fourth-order valence-electron chi connectivity index (χ4n) is 2.58. The third-order valence-electron chi connectivity index (χ3n) is 3.70. The standard InChI is InChI=1S/C20H17F2N3O/c1-12-7-13(2)9-16(8-12)24-19-6-4-15(11-23-19)25-20(26)14-3-5-17(21)18(22)10-14/h3-11H,1-2H3,(H,23,24)(H,25,26). The Labute approximate surface area is 149 Å². The topological polar surface area (TPSA) is 54.0 Å². The summed E-state index contributed by atoms with van der Waals surface area (Å²) in [7, 11) is 0. The molecule has 0 saturated heterocycles. The molecule has 132 valence electrons. The van der Waals surface area contributed by atoms with Gasteiger partial charge >= 0.3 is 0 Å². The fraction of sp³-hybridized carbons (Fsp3) is 0.100. The number of pyridine rings is 1. The number of carbonyl (C=O) groups is 1. The fourth-order valence-corrected chi connectivity index (χ4v) is 2.58. The second-order valence-electron chi connectivity index (χ2n) is 6.02. The first-order chi connectivity index (χ1) is 12.4.